The fraction of sp³-hybridized carbons (Fsp3) is 0.474. The van der Waals surface area contributed by atoms with Gasteiger partial charge in [0, 0.05) is 19.6 Å². The summed E-state index contributed by atoms with van der Waals surface area (Å²) < 4.78 is 15.8. The van der Waals surface area contributed by atoms with Gasteiger partial charge < -0.3 is 19.3 Å². The van der Waals surface area contributed by atoms with E-state index in [1.165, 1.54) is 0 Å². The van der Waals surface area contributed by atoms with Gasteiger partial charge in [0.15, 0.2) is 0 Å². The summed E-state index contributed by atoms with van der Waals surface area (Å²) in [5.74, 6) is 1.19. The van der Waals surface area contributed by atoms with Crippen LogP contribution in [0.1, 0.15) is 33.4 Å². The molecular formula is C19H25N3O4. The van der Waals surface area contributed by atoms with Crippen LogP contribution in [0, 0.1) is 13.8 Å². The summed E-state index contributed by atoms with van der Waals surface area (Å²) >= 11 is 0. The smallest absolute Gasteiger partial charge is 0.256 e. The first-order valence-electron chi connectivity index (χ1n) is 8.77. The number of amides is 1. The molecule has 1 aliphatic heterocycles. The molecule has 1 aromatic heterocycles. The summed E-state index contributed by atoms with van der Waals surface area (Å²) in [6.45, 7) is 7.08. The molecule has 2 heterocycles. The van der Waals surface area contributed by atoms with Gasteiger partial charge in [0.05, 0.1) is 32.1 Å². The van der Waals surface area contributed by atoms with Crippen LogP contribution in [0.4, 0.5) is 0 Å². The van der Waals surface area contributed by atoms with Crippen LogP contribution in [-0.2, 0) is 4.74 Å². The minimum atomic E-state index is -0.159. The average Bonchev–Trinajstić information content (AvgIpc) is 3.01. The molecular weight excluding hydrogens is 334 g/mol. The highest BCUT2D eigenvalue weighted by Crippen LogP contribution is 2.24. The molecule has 2 aromatic rings. The lowest BCUT2D eigenvalue weighted by molar-refractivity contribution is 0.0162. The second kappa shape index (κ2) is 8.33. The van der Waals surface area contributed by atoms with Crippen molar-refractivity contribution >= 4 is 5.91 Å². The van der Waals surface area contributed by atoms with E-state index in [4.69, 9.17) is 14.0 Å². The SMILES string of the molecule is COc1ccc([C@@H](CNC(=O)c2c(C)noc2C)N2CCOCC2)cc1. The summed E-state index contributed by atoms with van der Waals surface area (Å²) in [6.07, 6.45) is 0. The van der Waals surface area contributed by atoms with Crippen LogP contribution >= 0.6 is 0 Å². The predicted molar refractivity (Wildman–Crippen MR) is 96.4 cm³/mol. The van der Waals surface area contributed by atoms with Gasteiger partial charge in [-0.15, -0.1) is 0 Å². The highest BCUT2D eigenvalue weighted by molar-refractivity contribution is 5.96. The first-order valence-corrected chi connectivity index (χ1v) is 8.77. The van der Waals surface area contributed by atoms with Gasteiger partial charge in [-0.2, -0.15) is 0 Å². The van der Waals surface area contributed by atoms with Crippen LogP contribution in [0.25, 0.3) is 0 Å². The fourth-order valence-corrected chi connectivity index (χ4v) is 3.26. The van der Waals surface area contributed by atoms with Crippen molar-refractivity contribution in [1.29, 1.82) is 0 Å². The molecule has 0 bridgehead atoms. The van der Waals surface area contributed by atoms with Gasteiger partial charge in [0.2, 0.25) is 0 Å². The molecule has 7 nitrogen and oxygen atoms in total. The third-order valence-corrected chi connectivity index (χ3v) is 4.70. The Kier molecular flexibility index (Phi) is 5.90. The van der Waals surface area contributed by atoms with Crippen molar-refractivity contribution in [2.45, 2.75) is 19.9 Å². The molecule has 1 N–H and O–H groups in total. The van der Waals surface area contributed by atoms with Crippen LogP contribution in [-0.4, -0.2) is 55.9 Å². The van der Waals surface area contributed by atoms with E-state index in [-0.39, 0.29) is 11.9 Å². The normalized spacial score (nSPS) is 16.3. The molecule has 0 spiro atoms. The molecule has 1 fully saturated rings. The van der Waals surface area contributed by atoms with E-state index in [0.717, 1.165) is 24.4 Å². The highest BCUT2D eigenvalue weighted by atomic mass is 16.5. The van der Waals surface area contributed by atoms with Crippen molar-refractivity contribution in [3.63, 3.8) is 0 Å². The summed E-state index contributed by atoms with van der Waals surface area (Å²) in [4.78, 5) is 14.9. The van der Waals surface area contributed by atoms with Gasteiger partial charge in [0.25, 0.3) is 5.91 Å². The molecule has 0 aliphatic carbocycles. The van der Waals surface area contributed by atoms with Crippen LogP contribution in [0.3, 0.4) is 0 Å². The number of aromatic nitrogens is 1. The van der Waals surface area contributed by atoms with Crippen LogP contribution in [0.5, 0.6) is 5.75 Å². The van der Waals surface area contributed by atoms with E-state index < -0.39 is 0 Å². The first kappa shape index (κ1) is 18.4. The molecule has 140 valence electrons. The van der Waals surface area contributed by atoms with Gasteiger partial charge in [-0.25, -0.2) is 0 Å². The van der Waals surface area contributed by atoms with Gasteiger partial charge in [0.1, 0.15) is 17.1 Å². The van der Waals surface area contributed by atoms with Crippen molar-refractivity contribution in [3.8, 4) is 5.75 Å². The number of hydrogen-bond acceptors (Lipinski definition) is 6. The Hall–Kier alpha value is -2.38. The van der Waals surface area contributed by atoms with Crippen molar-refractivity contribution in [2.75, 3.05) is 40.0 Å². The number of aryl methyl sites for hydroxylation is 2. The Bertz CT molecular complexity index is 716. The van der Waals surface area contributed by atoms with E-state index >= 15 is 0 Å². The average molecular weight is 359 g/mol. The number of methoxy groups -OCH3 is 1. The largest absolute Gasteiger partial charge is 0.497 e. The third-order valence-electron chi connectivity index (χ3n) is 4.70. The van der Waals surface area contributed by atoms with Gasteiger partial charge >= 0.3 is 0 Å². The quantitative estimate of drug-likeness (QED) is 0.851. The topological polar surface area (TPSA) is 76.8 Å². The molecule has 1 saturated heterocycles. The number of morpholine rings is 1. The molecule has 3 rings (SSSR count). The van der Waals surface area contributed by atoms with Crippen LogP contribution < -0.4 is 10.1 Å². The van der Waals surface area contributed by atoms with E-state index in [1.54, 1.807) is 21.0 Å². The zero-order chi connectivity index (χ0) is 18.5. The van der Waals surface area contributed by atoms with Gasteiger partial charge in [-0.3, -0.25) is 9.69 Å². The molecule has 1 aromatic carbocycles. The summed E-state index contributed by atoms with van der Waals surface area (Å²) in [6, 6.07) is 8.04. The number of carbonyl (C=O) groups excluding carboxylic acids is 1. The van der Waals surface area contributed by atoms with Crippen molar-refractivity contribution in [1.82, 2.24) is 15.4 Å². The zero-order valence-corrected chi connectivity index (χ0v) is 15.4. The summed E-state index contributed by atoms with van der Waals surface area (Å²) in [5, 5.41) is 6.89. The maximum Gasteiger partial charge on any atom is 0.256 e. The van der Waals surface area contributed by atoms with Gasteiger partial charge in [-0.1, -0.05) is 17.3 Å². The predicted octanol–water partition coefficient (Wildman–Crippen LogP) is 2.10. The van der Waals surface area contributed by atoms with E-state index in [1.807, 2.05) is 24.3 Å². The number of benzene rings is 1. The van der Waals surface area contributed by atoms with E-state index in [9.17, 15) is 4.79 Å². The molecule has 26 heavy (non-hydrogen) atoms. The number of ether oxygens (including phenoxy) is 2. The maximum atomic E-state index is 12.6. The van der Waals surface area contributed by atoms with E-state index in [0.29, 0.717) is 36.8 Å². The standard InChI is InChI=1S/C19H25N3O4/c1-13-18(14(2)26-21-13)19(23)20-12-17(22-8-10-25-11-9-22)15-4-6-16(24-3)7-5-15/h4-7,17H,8-12H2,1-3H3,(H,20,23)/t17-/m1/s1. The molecule has 1 amide bonds. The molecule has 1 aliphatic rings. The Morgan fingerprint density at radius 3 is 2.54 bits per heavy atom. The third kappa shape index (κ3) is 4.05. The molecule has 1 atom stereocenters. The lowest BCUT2D eigenvalue weighted by atomic mass is 10.0. The monoisotopic (exact) mass is 359 g/mol. The first-order chi connectivity index (χ1) is 12.6. The molecule has 0 radical (unpaired) electrons. The van der Waals surface area contributed by atoms with Crippen molar-refractivity contribution in [3.05, 3.63) is 46.8 Å². The molecule has 7 heteroatoms. The minimum Gasteiger partial charge on any atom is -0.497 e. The lowest BCUT2D eigenvalue weighted by Gasteiger charge is -2.35. The molecule has 0 saturated carbocycles. The number of nitrogens with one attached hydrogen (secondary N) is 1. The zero-order valence-electron chi connectivity index (χ0n) is 15.4. The number of nitrogens with zero attached hydrogens (tertiary/aromatic N) is 2. The Balaban J connectivity index is 1.75. The molecule has 0 unspecified atom stereocenters. The summed E-state index contributed by atoms with van der Waals surface area (Å²) in [5.41, 5.74) is 2.25. The Morgan fingerprint density at radius 2 is 1.96 bits per heavy atom. The van der Waals surface area contributed by atoms with Crippen molar-refractivity contribution < 1.29 is 18.8 Å². The van der Waals surface area contributed by atoms with Crippen LogP contribution in [0.2, 0.25) is 0 Å². The maximum absolute atomic E-state index is 12.6. The number of hydrogen-bond donors (Lipinski definition) is 1. The van der Waals surface area contributed by atoms with E-state index in [2.05, 4.69) is 15.4 Å². The number of carbonyl (C=O) groups is 1. The second-order valence-electron chi connectivity index (χ2n) is 6.35. The highest BCUT2D eigenvalue weighted by Gasteiger charge is 2.25. The second-order valence-corrected chi connectivity index (χ2v) is 6.35. The minimum absolute atomic E-state index is 0.0641. The fourth-order valence-electron chi connectivity index (χ4n) is 3.26. The van der Waals surface area contributed by atoms with Gasteiger partial charge in [-0.05, 0) is 31.5 Å². The Labute approximate surface area is 153 Å². The Morgan fingerprint density at radius 1 is 1.27 bits per heavy atom. The lowest BCUT2D eigenvalue weighted by Crippen LogP contribution is -2.43. The number of rotatable bonds is 6. The summed E-state index contributed by atoms with van der Waals surface area (Å²) in [7, 11) is 1.65. The van der Waals surface area contributed by atoms with Crippen LogP contribution in [0.15, 0.2) is 28.8 Å². The van der Waals surface area contributed by atoms with Crippen molar-refractivity contribution in [2.24, 2.45) is 0 Å².